The van der Waals surface area contributed by atoms with E-state index in [1.54, 1.807) is 6.20 Å². The van der Waals surface area contributed by atoms with Crippen LogP contribution in [0.5, 0.6) is 0 Å². The maximum Gasteiger partial charge on any atom is 0.230 e. The summed E-state index contributed by atoms with van der Waals surface area (Å²) >= 11 is 1.48. The van der Waals surface area contributed by atoms with Gasteiger partial charge in [0.1, 0.15) is 0 Å². The van der Waals surface area contributed by atoms with Crippen LogP contribution >= 0.6 is 11.3 Å². The molecule has 2 aliphatic rings. The minimum atomic E-state index is 0.154. The molecule has 1 aromatic rings. The summed E-state index contributed by atoms with van der Waals surface area (Å²) in [5.41, 5.74) is 0. The number of nitrogens with zero attached hydrogens (tertiary/aromatic N) is 1. The van der Waals surface area contributed by atoms with Crippen molar-refractivity contribution in [1.82, 2.24) is 4.98 Å². The maximum absolute atomic E-state index is 12.1. The second-order valence-electron chi connectivity index (χ2n) is 4.81. The molecule has 1 fully saturated rings. The first kappa shape index (κ1) is 11.0. The molecule has 0 bridgehead atoms. The van der Waals surface area contributed by atoms with E-state index in [2.05, 4.69) is 22.5 Å². The van der Waals surface area contributed by atoms with E-state index in [4.69, 9.17) is 0 Å². The average molecular weight is 248 g/mol. The van der Waals surface area contributed by atoms with Crippen molar-refractivity contribution in [2.24, 2.45) is 17.8 Å². The number of thiazole rings is 1. The van der Waals surface area contributed by atoms with Gasteiger partial charge in [0.2, 0.25) is 5.91 Å². The molecule has 3 nitrogen and oxygen atoms in total. The third-order valence-electron chi connectivity index (χ3n) is 3.71. The van der Waals surface area contributed by atoms with E-state index in [0.717, 1.165) is 5.13 Å². The second-order valence-corrected chi connectivity index (χ2v) is 5.70. The number of rotatable bonds is 2. The standard InChI is InChI=1S/C13H16N2OS/c16-12(15-13-14-7-8-17-13)11-9-5-3-1-2-4-6-10(9)11/h3,5,7-11H,1-2,4,6H2,(H,14,15,16)/t9-,10-,11+/m0/s1. The second kappa shape index (κ2) is 4.61. The lowest BCUT2D eigenvalue weighted by atomic mass is 10.1. The fourth-order valence-electron chi connectivity index (χ4n) is 2.77. The number of aromatic nitrogens is 1. The van der Waals surface area contributed by atoms with Crippen LogP contribution in [0.15, 0.2) is 23.7 Å². The predicted molar refractivity (Wildman–Crippen MR) is 68.8 cm³/mol. The van der Waals surface area contributed by atoms with Gasteiger partial charge in [-0.15, -0.1) is 11.3 Å². The molecule has 3 rings (SSSR count). The first-order chi connectivity index (χ1) is 8.36. The van der Waals surface area contributed by atoms with Crippen molar-refractivity contribution in [3.05, 3.63) is 23.7 Å². The molecule has 90 valence electrons. The summed E-state index contributed by atoms with van der Waals surface area (Å²) in [6.45, 7) is 0. The summed E-state index contributed by atoms with van der Waals surface area (Å²) in [5, 5.41) is 5.52. The number of carbonyl (C=O) groups excluding carboxylic acids is 1. The fourth-order valence-corrected chi connectivity index (χ4v) is 3.31. The van der Waals surface area contributed by atoms with Crippen LogP contribution in [0.2, 0.25) is 0 Å². The maximum atomic E-state index is 12.1. The number of hydrogen-bond donors (Lipinski definition) is 1. The Hall–Kier alpha value is -1.16. The highest BCUT2D eigenvalue weighted by Gasteiger charge is 2.52. The summed E-state index contributed by atoms with van der Waals surface area (Å²) in [4.78, 5) is 16.2. The van der Waals surface area contributed by atoms with Crippen molar-refractivity contribution >= 4 is 22.4 Å². The van der Waals surface area contributed by atoms with E-state index in [1.165, 1.54) is 37.0 Å². The number of anilines is 1. The number of hydrogen-bond acceptors (Lipinski definition) is 3. The molecule has 0 unspecified atom stereocenters. The van der Waals surface area contributed by atoms with E-state index in [9.17, 15) is 4.79 Å². The summed E-state index contributed by atoms with van der Waals surface area (Å²) in [6.07, 6.45) is 11.1. The molecule has 1 heterocycles. The summed E-state index contributed by atoms with van der Waals surface area (Å²) in [6, 6.07) is 0. The van der Waals surface area contributed by atoms with Crippen molar-refractivity contribution in [2.45, 2.75) is 25.7 Å². The van der Waals surface area contributed by atoms with Crippen molar-refractivity contribution in [3.8, 4) is 0 Å². The van der Waals surface area contributed by atoms with Gasteiger partial charge in [-0.3, -0.25) is 4.79 Å². The molecule has 0 aromatic carbocycles. The van der Waals surface area contributed by atoms with Crippen molar-refractivity contribution in [3.63, 3.8) is 0 Å². The molecule has 2 aliphatic carbocycles. The topological polar surface area (TPSA) is 42.0 Å². The van der Waals surface area contributed by atoms with Crippen LogP contribution < -0.4 is 5.32 Å². The molecule has 1 N–H and O–H groups in total. The lowest BCUT2D eigenvalue weighted by molar-refractivity contribution is -0.117. The molecule has 0 radical (unpaired) electrons. The van der Waals surface area contributed by atoms with Crippen LogP contribution in [0.4, 0.5) is 5.13 Å². The Bertz CT molecular complexity index is 427. The monoisotopic (exact) mass is 248 g/mol. The van der Waals surface area contributed by atoms with Crippen molar-refractivity contribution < 1.29 is 4.79 Å². The van der Waals surface area contributed by atoms with Gasteiger partial charge < -0.3 is 5.32 Å². The highest BCUT2D eigenvalue weighted by Crippen LogP contribution is 2.51. The Morgan fingerprint density at radius 3 is 3.24 bits per heavy atom. The zero-order valence-electron chi connectivity index (χ0n) is 9.63. The van der Waals surface area contributed by atoms with Crippen LogP contribution in [-0.2, 0) is 4.79 Å². The highest BCUT2D eigenvalue weighted by molar-refractivity contribution is 7.13. The van der Waals surface area contributed by atoms with Crippen molar-refractivity contribution in [2.75, 3.05) is 5.32 Å². The third-order valence-corrected chi connectivity index (χ3v) is 4.40. The summed E-state index contributed by atoms with van der Waals surface area (Å²) < 4.78 is 0. The number of carbonyl (C=O) groups is 1. The first-order valence-electron chi connectivity index (χ1n) is 6.23. The van der Waals surface area contributed by atoms with Gasteiger partial charge in [-0.1, -0.05) is 18.6 Å². The van der Waals surface area contributed by atoms with Gasteiger partial charge in [-0.05, 0) is 31.1 Å². The van der Waals surface area contributed by atoms with E-state index < -0.39 is 0 Å². The number of amides is 1. The summed E-state index contributed by atoms with van der Waals surface area (Å²) in [5.74, 6) is 1.40. The average Bonchev–Trinajstić information content (AvgIpc) is 2.72. The molecular weight excluding hydrogens is 232 g/mol. The highest BCUT2D eigenvalue weighted by atomic mass is 32.1. The number of nitrogens with one attached hydrogen (secondary N) is 1. The molecule has 1 aromatic heterocycles. The molecule has 4 heteroatoms. The molecule has 0 aliphatic heterocycles. The van der Waals surface area contributed by atoms with E-state index in [0.29, 0.717) is 11.8 Å². The predicted octanol–water partition coefficient (Wildman–Crippen LogP) is 3.07. The SMILES string of the molecule is O=C(Nc1nccs1)[C@@H]1[C@H]2C=CCCCC[C@@H]21. The molecule has 3 atom stereocenters. The minimum Gasteiger partial charge on any atom is -0.302 e. The van der Waals surface area contributed by atoms with Gasteiger partial charge >= 0.3 is 0 Å². The van der Waals surface area contributed by atoms with E-state index >= 15 is 0 Å². The Balaban J connectivity index is 1.64. The van der Waals surface area contributed by atoms with E-state index in [1.807, 2.05) is 5.38 Å². The van der Waals surface area contributed by atoms with Crippen LogP contribution in [-0.4, -0.2) is 10.9 Å². The van der Waals surface area contributed by atoms with Crippen LogP contribution in [0.1, 0.15) is 25.7 Å². The molecule has 1 amide bonds. The van der Waals surface area contributed by atoms with Gasteiger partial charge in [-0.2, -0.15) is 0 Å². The molecule has 0 saturated heterocycles. The van der Waals surface area contributed by atoms with Gasteiger partial charge in [-0.25, -0.2) is 4.98 Å². The van der Waals surface area contributed by atoms with Gasteiger partial charge in [0.25, 0.3) is 0 Å². The Kier molecular flexibility index (Phi) is 2.97. The van der Waals surface area contributed by atoms with Crippen LogP contribution in [0.3, 0.4) is 0 Å². The Morgan fingerprint density at radius 2 is 2.41 bits per heavy atom. The zero-order valence-corrected chi connectivity index (χ0v) is 10.5. The quantitative estimate of drug-likeness (QED) is 0.817. The van der Waals surface area contributed by atoms with Crippen molar-refractivity contribution in [1.29, 1.82) is 0 Å². The lowest BCUT2D eigenvalue weighted by Gasteiger charge is -2.00. The first-order valence-corrected chi connectivity index (χ1v) is 7.11. The Labute approximate surface area is 105 Å². The van der Waals surface area contributed by atoms with Gasteiger partial charge in [0, 0.05) is 17.5 Å². The minimum absolute atomic E-state index is 0.154. The van der Waals surface area contributed by atoms with Crippen LogP contribution in [0, 0.1) is 17.8 Å². The smallest absolute Gasteiger partial charge is 0.230 e. The number of allylic oxidation sites excluding steroid dienone is 2. The zero-order chi connectivity index (χ0) is 11.7. The van der Waals surface area contributed by atoms with Gasteiger partial charge in [0.05, 0.1) is 0 Å². The Morgan fingerprint density at radius 1 is 1.47 bits per heavy atom. The lowest BCUT2D eigenvalue weighted by Crippen LogP contribution is -2.15. The molecular formula is C13H16N2OS. The third kappa shape index (κ3) is 2.27. The fraction of sp³-hybridized carbons (Fsp3) is 0.538. The number of fused-ring (bicyclic) bond motifs is 1. The largest absolute Gasteiger partial charge is 0.302 e. The van der Waals surface area contributed by atoms with Crippen LogP contribution in [0.25, 0.3) is 0 Å². The normalized spacial score (nSPS) is 31.2. The molecule has 17 heavy (non-hydrogen) atoms. The van der Waals surface area contributed by atoms with E-state index in [-0.39, 0.29) is 11.8 Å². The summed E-state index contributed by atoms with van der Waals surface area (Å²) in [7, 11) is 0. The van der Waals surface area contributed by atoms with Gasteiger partial charge in [0.15, 0.2) is 5.13 Å². The molecule has 1 saturated carbocycles. The molecule has 0 spiro atoms.